The van der Waals surface area contributed by atoms with Crippen LogP contribution in [0.5, 0.6) is 17.2 Å². The van der Waals surface area contributed by atoms with Gasteiger partial charge in [-0.2, -0.15) is 0 Å². The third kappa shape index (κ3) is 6.26. The summed E-state index contributed by atoms with van der Waals surface area (Å²) in [4.78, 5) is 35.8. The molecule has 31 heavy (non-hydrogen) atoms. The monoisotopic (exact) mass is 450 g/mol. The Hall–Kier alpha value is -3.46. The smallest absolute Gasteiger partial charge is 0.339 e. The molecule has 166 valence electrons. The molecule has 2 amide bonds. The number of halogens is 1. The molecule has 0 fully saturated rings. The number of nitrogens with one attached hydrogen (secondary N) is 1. The summed E-state index contributed by atoms with van der Waals surface area (Å²) in [6, 6.07) is 7.46. The average Bonchev–Trinajstić information content (AvgIpc) is 2.74. The van der Waals surface area contributed by atoms with Crippen molar-refractivity contribution >= 4 is 35.1 Å². The van der Waals surface area contributed by atoms with Crippen LogP contribution in [0.1, 0.15) is 22.8 Å². The number of carbonyl (C=O) groups is 3. The molecular weight excluding hydrogens is 428 g/mol. The minimum Gasteiger partial charge on any atom is -0.495 e. The zero-order chi connectivity index (χ0) is 23.1. The predicted molar refractivity (Wildman–Crippen MR) is 114 cm³/mol. The van der Waals surface area contributed by atoms with Crippen LogP contribution in [0, 0.1) is 6.92 Å². The molecule has 2 aromatic carbocycles. The Morgan fingerprint density at radius 1 is 1.06 bits per heavy atom. The first-order valence-electron chi connectivity index (χ1n) is 9.11. The fraction of sp³-hybridized carbons (Fsp3) is 0.286. The van der Waals surface area contributed by atoms with Crippen LogP contribution in [0.15, 0.2) is 30.3 Å². The van der Waals surface area contributed by atoms with Gasteiger partial charge in [-0.25, -0.2) is 4.79 Å². The maximum atomic E-state index is 12.5. The number of anilines is 1. The highest BCUT2D eigenvalue weighted by atomic mass is 35.5. The van der Waals surface area contributed by atoms with Gasteiger partial charge < -0.3 is 30.0 Å². The molecule has 0 bridgehead atoms. The summed E-state index contributed by atoms with van der Waals surface area (Å²) in [6.45, 7) is 2.88. The maximum absolute atomic E-state index is 12.5. The van der Waals surface area contributed by atoms with E-state index in [2.05, 4.69) is 5.32 Å². The molecule has 0 saturated heterocycles. The fourth-order valence-corrected chi connectivity index (χ4v) is 2.66. The number of benzene rings is 2. The Bertz CT molecular complexity index is 994. The first kappa shape index (κ1) is 23.8. The molecule has 0 aliphatic carbocycles. The summed E-state index contributed by atoms with van der Waals surface area (Å²) in [5.74, 6) is -1.15. The van der Waals surface area contributed by atoms with Gasteiger partial charge in [0.25, 0.3) is 11.8 Å². The van der Waals surface area contributed by atoms with Crippen LogP contribution < -0.4 is 25.3 Å². The number of hydrogen-bond acceptors (Lipinski definition) is 7. The number of rotatable bonds is 9. The predicted octanol–water partition coefficient (Wildman–Crippen LogP) is 2.71. The van der Waals surface area contributed by atoms with Crippen molar-refractivity contribution in [1.29, 1.82) is 0 Å². The molecule has 1 unspecified atom stereocenters. The number of carbonyl (C=O) groups excluding carboxylic acids is 3. The van der Waals surface area contributed by atoms with E-state index in [4.69, 9.17) is 36.3 Å². The van der Waals surface area contributed by atoms with Crippen molar-refractivity contribution < 1.29 is 33.3 Å². The van der Waals surface area contributed by atoms with Gasteiger partial charge in [-0.05, 0) is 43.7 Å². The van der Waals surface area contributed by atoms with Crippen LogP contribution in [-0.2, 0) is 14.3 Å². The van der Waals surface area contributed by atoms with Gasteiger partial charge in [0.2, 0.25) is 0 Å². The van der Waals surface area contributed by atoms with Crippen molar-refractivity contribution in [3.63, 3.8) is 0 Å². The highest BCUT2D eigenvalue weighted by molar-refractivity contribution is 6.31. The summed E-state index contributed by atoms with van der Waals surface area (Å²) >= 11 is 6.07. The summed E-state index contributed by atoms with van der Waals surface area (Å²) in [5.41, 5.74) is 6.32. The number of aryl methyl sites for hydroxylation is 1. The first-order chi connectivity index (χ1) is 14.7. The molecule has 2 aromatic rings. The van der Waals surface area contributed by atoms with E-state index in [0.717, 1.165) is 5.56 Å². The van der Waals surface area contributed by atoms with E-state index in [1.165, 1.54) is 39.3 Å². The third-order valence-corrected chi connectivity index (χ3v) is 4.57. The van der Waals surface area contributed by atoms with Crippen molar-refractivity contribution in [3.05, 3.63) is 46.5 Å². The van der Waals surface area contributed by atoms with Crippen molar-refractivity contribution in [2.45, 2.75) is 20.0 Å². The number of primary amides is 1. The number of ether oxygens (including phenoxy) is 4. The van der Waals surface area contributed by atoms with Gasteiger partial charge in [-0.15, -0.1) is 0 Å². The second-order valence-corrected chi connectivity index (χ2v) is 6.87. The minimum atomic E-state index is -1.11. The van der Waals surface area contributed by atoms with Crippen molar-refractivity contribution in [2.24, 2.45) is 5.73 Å². The Morgan fingerprint density at radius 3 is 2.35 bits per heavy atom. The van der Waals surface area contributed by atoms with Crippen molar-refractivity contribution in [1.82, 2.24) is 0 Å². The van der Waals surface area contributed by atoms with Crippen molar-refractivity contribution in [3.8, 4) is 17.2 Å². The highest BCUT2D eigenvalue weighted by Crippen LogP contribution is 2.31. The Labute approximate surface area is 184 Å². The average molecular weight is 451 g/mol. The van der Waals surface area contributed by atoms with Gasteiger partial charge in [0.15, 0.2) is 24.2 Å². The van der Waals surface area contributed by atoms with Crippen LogP contribution in [0.2, 0.25) is 5.02 Å². The lowest BCUT2D eigenvalue weighted by atomic mass is 10.2. The Balaban J connectivity index is 2.09. The van der Waals surface area contributed by atoms with E-state index in [0.29, 0.717) is 16.5 Å². The Kier molecular flexibility index (Phi) is 8.09. The lowest BCUT2D eigenvalue weighted by molar-refractivity contribution is -0.123. The number of amides is 2. The number of methoxy groups -OCH3 is 2. The molecule has 0 saturated carbocycles. The zero-order valence-electron chi connectivity index (χ0n) is 17.5. The fourth-order valence-electron chi connectivity index (χ4n) is 2.51. The first-order valence-corrected chi connectivity index (χ1v) is 9.49. The highest BCUT2D eigenvalue weighted by Gasteiger charge is 2.22. The van der Waals surface area contributed by atoms with E-state index in [9.17, 15) is 14.4 Å². The standard InChI is InChI=1S/C21H23ClN2O7/c1-11-7-15(17(28-3)9-14(11)22)24-20(26)12(2)31-21(27)13-5-6-16(18(8-13)29-4)30-10-19(23)25/h5-9,12H,10H2,1-4H3,(H2,23,25)(H,24,26). The second kappa shape index (κ2) is 10.5. The molecule has 3 N–H and O–H groups in total. The molecular formula is C21H23ClN2O7. The van der Waals surface area contributed by atoms with Crippen LogP contribution >= 0.6 is 11.6 Å². The van der Waals surface area contributed by atoms with E-state index in [1.807, 2.05) is 0 Å². The molecule has 10 heteroatoms. The van der Waals surface area contributed by atoms with E-state index < -0.39 is 23.9 Å². The van der Waals surface area contributed by atoms with Crippen LogP contribution in [0.3, 0.4) is 0 Å². The number of nitrogens with two attached hydrogens (primary N) is 1. The quantitative estimate of drug-likeness (QED) is 0.562. The molecule has 0 spiro atoms. The van der Waals surface area contributed by atoms with Gasteiger partial charge in [0, 0.05) is 11.1 Å². The molecule has 9 nitrogen and oxygen atoms in total. The van der Waals surface area contributed by atoms with Gasteiger partial charge in [-0.1, -0.05) is 11.6 Å². The summed E-state index contributed by atoms with van der Waals surface area (Å²) in [6.07, 6.45) is -1.11. The largest absolute Gasteiger partial charge is 0.495 e. The number of hydrogen-bond donors (Lipinski definition) is 2. The lowest BCUT2D eigenvalue weighted by Gasteiger charge is -2.16. The topological polar surface area (TPSA) is 126 Å². The minimum absolute atomic E-state index is 0.128. The van der Waals surface area contributed by atoms with Gasteiger partial charge in [0.05, 0.1) is 25.5 Å². The van der Waals surface area contributed by atoms with Gasteiger partial charge in [-0.3, -0.25) is 9.59 Å². The second-order valence-electron chi connectivity index (χ2n) is 6.46. The molecule has 0 heterocycles. The summed E-state index contributed by atoms with van der Waals surface area (Å²) in [5, 5.41) is 3.15. The molecule has 0 radical (unpaired) electrons. The van der Waals surface area contributed by atoms with E-state index in [1.54, 1.807) is 19.1 Å². The van der Waals surface area contributed by atoms with E-state index >= 15 is 0 Å². The number of esters is 1. The summed E-state index contributed by atoms with van der Waals surface area (Å²) < 4.78 is 20.8. The lowest BCUT2D eigenvalue weighted by Crippen LogP contribution is -2.30. The maximum Gasteiger partial charge on any atom is 0.339 e. The molecule has 0 aliphatic heterocycles. The molecule has 0 aromatic heterocycles. The van der Waals surface area contributed by atoms with Gasteiger partial charge >= 0.3 is 5.97 Å². The summed E-state index contributed by atoms with van der Waals surface area (Å²) in [7, 11) is 2.82. The van der Waals surface area contributed by atoms with Crippen molar-refractivity contribution in [2.75, 3.05) is 26.1 Å². The third-order valence-electron chi connectivity index (χ3n) is 4.16. The molecule has 0 aliphatic rings. The molecule has 1 atom stereocenters. The Morgan fingerprint density at radius 2 is 1.74 bits per heavy atom. The van der Waals surface area contributed by atoms with E-state index in [-0.39, 0.29) is 23.7 Å². The van der Waals surface area contributed by atoms with Crippen LogP contribution in [-0.4, -0.2) is 44.7 Å². The van der Waals surface area contributed by atoms with Crippen LogP contribution in [0.4, 0.5) is 5.69 Å². The van der Waals surface area contributed by atoms with Crippen LogP contribution in [0.25, 0.3) is 0 Å². The molecule has 2 rings (SSSR count). The zero-order valence-corrected chi connectivity index (χ0v) is 18.2. The van der Waals surface area contributed by atoms with Gasteiger partial charge in [0.1, 0.15) is 5.75 Å². The normalized spacial score (nSPS) is 11.3. The SMILES string of the molecule is COc1cc(Cl)c(C)cc1NC(=O)C(C)OC(=O)c1ccc(OCC(N)=O)c(OC)c1.